The van der Waals surface area contributed by atoms with Crippen LogP contribution in [0.1, 0.15) is 11.5 Å². The van der Waals surface area contributed by atoms with Crippen molar-refractivity contribution in [3.8, 4) is 5.75 Å². The van der Waals surface area contributed by atoms with Gasteiger partial charge in [-0.3, -0.25) is 0 Å². The van der Waals surface area contributed by atoms with Gasteiger partial charge in [0.2, 0.25) is 0 Å². The number of rotatable bonds is 4. The van der Waals surface area contributed by atoms with Gasteiger partial charge in [-0.2, -0.15) is 0 Å². The van der Waals surface area contributed by atoms with Gasteiger partial charge in [-0.1, -0.05) is 17.8 Å². The third-order valence-electron chi connectivity index (χ3n) is 3.36. The van der Waals surface area contributed by atoms with Gasteiger partial charge in [-0.25, -0.2) is 4.98 Å². The number of nitrogens with zero attached hydrogens (tertiary/aromatic N) is 3. The van der Waals surface area contributed by atoms with Gasteiger partial charge in [-0.05, 0) is 24.5 Å². The second-order valence-electron chi connectivity index (χ2n) is 4.81. The number of H-pyrrole nitrogens is 1. The van der Waals surface area contributed by atoms with Crippen LogP contribution in [0, 0.1) is 6.92 Å². The zero-order valence-electron chi connectivity index (χ0n) is 12.3. The lowest BCUT2D eigenvalue weighted by Gasteiger charge is -2.06. The summed E-state index contributed by atoms with van der Waals surface area (Å²) in [7, 11) is 1.95. The van der Waals surface area contributed by atoms with Gasteiger partial charge < -0.3 is 9.30 Å². The first-order valence-corrected chi connectivity index (χ1v) is 7.88. The van der Waals surface area contributed by atoms with E-state index >= 15 is 0 Å². The maximum absolute atomic E-state index is 5.94. The predicted octanol–water partition coefficient (Wildman–Crippen LogP) is 2.39. The molecular weight excluding hydrogens is 284 g/mol. The number of thioether (sulfide) groups is 1. The normalized spacial score (nSPS) is 11.0. The molecule has 0 spiro atoms. The molecule has 2 heterocycles. The molecule has 3 aromatic rings. The van der Waals surface area contributed by atoms with Crippen LogP contribution in [0.25, 0.3) is 10.9 Å². The molecule has 0 amide bonds. The number of aromatic nitrogens is 4. The minimum Gasteiger partial charge on any atom is -0.479 e. The lowest BCUT2D eigenvalue weighted by Crippen LogP contribution is -2.11. The number of ether oxygens (including phenoxy) is 1. The first kappa shape index (κ1) is 13.9. The monoisotopic (exact) mass is 301 g/mol. The van der Waals surface area contributed by atoms with E-state index in [1.807, 2.05) is 36.9 Å². The molecule has 3 rings (SSSR count). The molecule has 5 nitrogen and oxygen atoms in total. The highest BCUT2D eigenvalue weighted by atomic mass is 32.2. The van der Waals surface area contributed by atoms with Crippen molar-refractivity contribution in [2.45, 2.75) is 18.7 Å². The smallest absolute Gasteiger partial charge is 0.253 e. The first-order chi connectivity index (χ1) is 10.2. The fourth-order valence-corrected chi connectivity index (χ4v) is 2.69. The Labute approximate surface area is 127 Å². The standard InChI is InChI=1S/C15H16N4OS/c1-10-7-8-11-5-4-6-12(14(11)16-10)20-9-13-17-18-15(21-3)19(13)2/h4-8H,9H2,1-3H3/p+1. The van der Waals surface area contributed by atoms with Gasteiger partial charge in [-0.15, -0.1) is 10.2 Å². The first-order valence-electron chi connectivity index (χ1n) is 6.66. The fourth-order valence-electron chi connectivity index (χ4n) is 2.19. The van der Waals surface area contributed by atoms with Crippen LogP contribution in [0.4, 0.5) is 0 Å². The summed E-state index contributed by atoms with van der Waals surface area (Å²) in [6, 6.07) is 10.2. The van der Waals surface area contributed by atoms with Crippen molar-refractivity contribution in [3.63, 3.8) is 0 Å². The molecule has 21 heavy (non-hydrogen) atoms. The largest absolute Gasteiger partial charge is 0.479 e. The van der Waals surface area contributed by atoms with E-state index in [1.54, 1.807) is 11.8 Å². The zero-order chi connectivity index (χ0) is 14.8. The predicted molar refractivity (Wildman–Crippen MR) is 82.4 cm³/mol. The molecular formula is C15H17N4OS+. The van der Waals surface area contributed by atoms with E-state index in [-0.39, 0.29) is 0 Å². The summed E-state index contributed by atoms with van der Waals surface area (Å²) < 4.78 is 7.88. The number of aryl methyl sites for hydroxylation is 1. The Balaban J connectivity index is 1.88. The van der Waals surface area contributed by atoms with E-state index in [0.717, 1.165) is 33.3 Å². The van der Waals surface area contributed by atoms with E-state index < -0.39 is 0 Å². The molecule has 1 N–H and O–H groups in total. The molecule has 0 aliphatic rings. The third kappa shape index (κ3) is 2.71. The second kappa shape index (κ2) is 5.73. The molecule has 0 saturated carbocycles. The Morgan fingerprint density at radius 2 is 2.10 bits per heavy atom. The van der Waals surface area contributed by atoms with Crippen LogP contribution in [0.3, 0.4) is 0 Å². The topological polar surface area (TPSA) is 54.1 Å². The number of hydrogen-bond acceptors (Lipinski definition) is 4. The molecule has 0 atom stereocenters. The minimum absolute atomic E-state index is 0.394. The summed E-state index contributed by atoms with van der Waals surface area (Å²) in [5, 5.41) is 10.3. The molecule has 1 aromatic carbocycles. The van der Waals surface area contributed by atoms with Gasteiger partial charge in [0, 0.05) is 20.0 Å². The Morgan fingerprint density at radius 3 is 2.86 bits per heavy atom. The Bertz CT molecular complexity index is 784. The van der Waals surface area contributed by atoms with Crippen molar-refractivity contribution in [2.24, 2.45) is 7.05 Å². The van der Waals surface area contributed by atoms with Crippen LogP contribution >= 0.6 is 11.8 Å². The number of para-hydroxylation sites is 1. The summed E-state index contributed by atoms with van der Waals surface area (Å²) in [5.74, 6) is 1.63. The average molecular weight is 301 g/mol. The highest BCUT2D eigenvalue weighted by molar-refractivity contribution is 7.98. The summed E-state index contributed by atoms with van der Waals surface area (Å²) in [5.41, 5.74) is 2.10. The van der Waals surface area contributed by atoms with Crippen molar-refractivity contribution < 1.29 is 9.72 Å². The average Bonchev–Trinajstić information content (AvgIpc) is 2.85. The molecule has 0 radical (unpaired) electrons. The van der Waals surface area contributed by atoms with Crippen LogP contribution < -0.4 is 9.72 Å². The van der Waals surface area contributed by atoms with Gasteiger partial charge in [0.05, 0.1) is 5.39 Å². The highest BCUT2D eigenvalue weighted by Gasteiger charge is 2.12. The van der Waals surface area contributed by atoms with Gasteiger partial charge in [0.1, 0.15) is 6.61 Å². The fraction of sp³-hybridized carbons (Fsp3) is 0.267. The van der Waals surface area contributed by atoms with E-state index in [4.69, 9.17) is 4.74 Å². The van der Waals surface area contributed by atoms with Gasteiger partial charge >= 0.3 is 0 Å². The van der Waals surface area contributed by atoms with Crippen LogP contribution in [0.2, 0.25) is 0 Å². The van der Waals surface area contributed by atoms with E-state index in [0.29, 0.717) is 6.61 Å². The Kier molecular flexibility index (Phi) is 3.79. The Morgan fingerprint density at radius 1 is 1.24 bits per heavy atom. The third-order valence-corrected chi connectivity index (χ3v) is 4.08. The van der Waals surface area contributed by atoms with Crippen LogP contribution in [0.15, 0.2) is 35.5 Å². The molecule has 108 valence electrons. The molecule has 6 heteroatoms. The number of fused-ring (bicyclic) bond motifs is 1. The van der Waals surface area contributed by atoms with Gasteiger partial charge in [0.25, 0.3) is 5.52 Å². The molecule has 0 aliphatic carbocycles. The molecule has 0 fully saturated rings. The van der Waals surface area contributed by atoms with Crippen LogP contribution in [-0.4, -0.2) is 21.0 Å². The lowest BCUT2D eigenvalue weighted by molar-refractivity contribution is -0.355. The number of nitrogens with one attached hydrogen (secondary N) is 1. The van der Waals surface area contributed by atoms with E-state index in [1.165, 1.54) is 0 Å². The van der Waals surface area contributed by atoms with Crippen LogP contribution in [0.5, 0.6) is 5.75 Å². The summed E-state index contributed by atoms with van der Waals surface area (Å²) in [4.78, 5) is 3.35. The summed E-state index contributed by atoms with van der Waals surface area (Å²) >= 11 is 1.57. The van der Waals surface area contributed by atoms with Crippen molar-refractivity contribution in [3.05, 3.63) is 41.9 Å². The molecule has 0 aliphatic heterocycles. The molecule has 0 unspecified atom stereocenters. The molecule has 2 aromatic heterocycles. The van der Waals surface area contributed by atoms with E-state index in [9.17, 15) is 0 Å². The van der Waals surface area contributed by atoms with Crippen molar-refractivity contribution >= 4 is 22.7 Å². The highest BCUT2D eigenvalue weighted by Crippen LogP contribution is 2.22. The quantitative estimate of drug-likeness (QED) is 0.694. The second-order valence-corrected chi connectivity index (χ2v) is 5.59. The van der Waals surface area contributed by atoms with Crippen LogP contribution in [-0.2, 0) is 13.7 Å². The van der Waals surface area contributed by atoms with Crippen molar-refractivity contribution in [1.29, 1.82) is 0 Å². The number of pyridine rings is 1. The molecule has 0 saturated heterocycles. The maximum Gasteiger partial charge on any atom is 0.253 e. The van der Waals surface area contributed by atoms with Gasteiger partial charge in [0.15, 0.2) is 22.4 Å². The summed E-state index contributed by atoms with van der Waals surface area (Å²) in [6.07, 6.45) is 1.98. The zero-order valence-corrected chi connectivity index (χ0v) is 13.1. The lowest BCUT2D eigenvalue weighted by atomic mass is 10.2. The minimum atomic E-state index is 0.394. The van der Waals surface area contributed by atoms with Crippen molar-refractivity contribution in [1.82, 2.24) is 14.8 Å². The summed E-state index contributed by atoms with van der Waals surface area (Å²) in [6.45, 7) is 2.43. The van der Waals surface area contributed by atoms with E-state index in [2.05, 4.69) is 33.4 Å². The molecule has 0 bridgehead atoms. The number of hydrogen-bond donors (Lipinski definition) is 0. The number of aromatic amines is 1. The Hall–Kier alpha value is -2.08. The SMILES string of the molecule is CSc1nnc(COc2cccc3ccc(C)[nH+]c23)n1C. The number of benzene rings is 1. The maximum atomic E-state index is 5.94. The van der Waals surface area contributed by atoms with Crippen molar-refractivity contribution in [2.75, 3.05) is 6.26 Å².